The van der Waals surface area contributed by atoms with Gasteiger partial charge in [0.2, 0.25) is 0 Å². The maximum Gasteiger partial charge on any atom is 0.270 e. The number of pyridine rings is 1. The highest BCUT2D eigenvalue weighted by molar-refractivity contribution is 6.02. The zero-order valence-corrected chi connectivity index (χ0v) is 21.8. The number of hydroxylamine groups is 2. The smallest absolute Gasteiger partial charge is 0.270 e. The highest BCUT2D eigenvalue weighted by Gasteiger charge is 2.26. The molecule has 1 aliphatic rings. The Bertz CT molecular complexity index is 1490. The van der Waals surface area contributed by atoms with E-state index in [0.717, 1.165) is 5.06 Å². The number of amides is 2. The van der Waals surface area contributed by atoms with E-state index in [4.69, 9.17) is 14.4 Å². The summed E-state index contributed by atoms with van der Waals surface area (Å²) in [5.41, 5.74) is 1.90. The Kier molecular flexibility index (Phi) is 8.30. The van der Waals surface area contributed by atoms with Gasteiger partial charge in [-0.25, -0.2) is 19.4 Å². The lowest BCUT2D eigenvalue weighted by Gasteiger charge is -2.15. The van der Waals surface area contributed by atoms with Crippen LogP contribution < -0.4 is 15.6 Å². The van der Waals surface area contributed by atoms with Crippen molar-refractivity contribution in [2.24, 2.45) is 5.16 Å². The Hall–Kier alpha value is -4.65. The number of aryl methyl sites for hydroxylation is 1. The predicted molar refractivity (Wildman–Crippen MR) is 136 cm³/mol. The van der Waals surface area contributed by atoms with Crippen LogP contribution in [0.4, 0.5) is 4.39 Å². The number of ether oxygens (including phenoxy) is 1. The molecule has 1 aromatic carbocycles. The zero-order chi connectivity index (χ0) is 28.1. The maximum atomic E-state index is 13.6. The molecule has 0 spiro atoms. The summed E-state index contributed by atoms with van der Waals surface area (Å²) in [5, 5.41) is 7.91. The number of nitrogens with one attached hydrogen (secondary N) is 1. The first-order valence-electron chi connectivity index (χ1n) is 11.9. The third-order valence-corrected chi connectivity index (χ3v) is 6.03. The van der Waals surface area contributed by atoms with Crippen molar-refractivity contribution in [2.45, 2.75) is 32.5 Å². The van der Waals surface area contributed by atoms with Crippen molar-refractivity contribution in [3.8, 4) is 5.75 Å². The van der Waals surface area contributed by atoms with E-state index in [1.807, 2.05) is 0 Å². The van der Waals surface area contributed by atoms with Gasteiger partial charge >= 0.3 is 0 Å². The summed E-state index contributed by atoms with van der Waals surface area (Å²) in [6, 6.07) is 8.90. The second kappa shape index (κ2) is 11.8. The largest absolute Gasteiger partial charge is 0.494 e. The molecule has 0 bridgehead atoms. The van der Waals surface area contributed by atoms with Gasteiger partial charge in [0.15, 0.2) is 17.7 Å². The summed E-state index contributed by atoms with van der Waals surface area (Å²) in [6.45, 7) is 1.62. The molecule has 39 heavy (non-hydrogen) atoms. The lowest BCUT2D eigenvalue weighted by atomic mass is 10.0. The molecule has 4 rings (SSSR count). The van der Waals surface area contributed by atoms with E-state index in [1.54, 1.807) is 19.1 Å². The van der Waals surface area contributed by atoms with Gasteiger partial charge in [0.05, 0.1) is 19.9 Å². The van der Waals surface area contributed by atoms with E-state index in [0.29, 0.717) is 34.8 Å². The van der Waals surface area contributed by atoms with Crippen LogP contribution in [0.3, 0.4) is 0 Å². The molecule has 204 valence electrons. The monoisotopic (exact) mass is 538 g/mol. The third kappa shape index (κ3) is 6.44. The fraction of sp³-hybridized carbons (Fsp3) is 0.308. The molecule has 1 N–H and O–H groups in total. The molecule has 1 unspecified atom stereocenters. The van der Waals surface area contributed by atoms with Crippen LogP contribution in [0.1, 0.15) is 45.7 Å². The second-order valence-corrected chi connectivity index (χ2v) is 8.67. The van der Waals surface area contributed by atoms with Gasteiger partial charge in [-0.05, 0) is 36.8 Å². The van der Waals surface area contributed by atoms with E-state index < -0.39 is 17.8 Å². The topological polar surface area (TPSA) is 137 Å². The summed E-state index contributed by atoms with van der Waals surface area (Å²) < 4.78 is 19.9. The van der Waals surface area contributed by atoms with Gasteiger partial charge in [-0.3, -0.25) is 19.2 Å². The van der Waals surface area contributed by atoms with Crippen molar-refractivity contribution in [1.82, 2.24) is 24.9 Å². The van der Waals surface area contributed by atoms with Gasteiger partial charge < -0.3 is 19.5 Å². The van der Waals surface area contributed by atoms with Crippen LogP contribution >= 0.6 is 0 Å². The number of likely N-dealkylation sites (N-methyl/N-ethyl adjacent to an activating group) is 1. The fourth-order valence-electron chi connectivity index (χ4n) is 3.83. The first-order valence-corrected chi connectivity index (χ1v) is 11.9. The molecular formula is C26H27FN6O6. The molecule has 1 aliphatic heterocycles. The Morgan fingerprint density at radius 1 is 1.21 bits per heavy atom. The first kappa shape index (κ1) is 27.4. The minimum atomic E-state index is -0.541. The van der Waals surface area contributed by atoms with Crippen molar-refractivity contribution in [3.63, 3.8) is 0 Å². The molecular weight excluding hydrogens is 511 g/mol. The quantitative estimate of drug-likeness (QED) is 0.408. The van der Waals surface area contributed by atoms with Gasteiger partial charge in [-0.15, -0.1) is 0 Å². The number of oxime groups is 1. The van der Waals surface area contributed by atoms with Crippen molar-refractivity contribution in [2.75, 3.05) is 21.3 Å². The molecule has 3 heterocycles. The summed E-state index contributed by atoms with van der Waals surface area (Å²) >= 11 is 0. The number of hydrogen-bond donors (Lipinski definition) is 1. The average Bonchev–Trinajstić information content (AvgIpc) is 3.43. The molecule has 0 saturated carbocycles. The van der Waals surface area contributed by atoms with Gasteiger partial charge in [-0.2, -0.15) is 0 Å². The zero-order valence-electron chi connectivity index (χ0n) is 21.8. The normalized spacial score (nSPS) is 14.4. The van der Waals surface area contributed by atoms with E-state index in [1.165, 1.54) is 56.3 Å². The first-order chi connectivity index (χ1) is 18.7. The minimum absolute atomic E-state index is 0.0836. The molecule has 0 fully saturated rings. The highest BCUT2D eigenvalue weighted by Crippen LogP contribution is 2.28. The molecule has 3 aromatic rings. The SMILES string of the molecule is COc1cc(CNC(=O)c2cc(C3=NOC(c4ccn(CC(=O)N(C)OC)c(=O)c4)C3)nc(C)n2)ccc1F. The van der Waals surface area contributed by atoms with Crippen molar-refractivity contribution in [1.29, 1.82) is 0 Å². The van der Waals surface area contributed by atoms with Crippen molar-refractivity contribution < 1.29 is 28.4 Å². The van der Waals surface area contributed by atoms with E-state index in [9.17, 15) is 18.8 Å². The fourth-order valence-corrected chi connectivity index (χ4v) is 3.83. The van der Waals surface area contributed by atoms with Gasteiger partial charge in [0.25, 0.3) is 17.4 Å². The Balaban J connectivity index is 1.42. The molecule has 0 aliphatic carbocycles. The summed E-state index contributed by atoms with van der Waals surface area (Å²) in [7, 11) is 4.18. The van der Waals surface area contributed by atoms with Gasteiger partial charge in [0.1, 0.15) is 23.8 Å². The number of nitrogens with zero attached hydrogens (tertiary/aromatic N) is 5. The highest BCUT2D eigenvalue weighted by atomic mass is 19.1. The van der Waals surface area contributed by atoms with Crippen LogP contribution in [0.5, 0.6) is 5.75 Å². The number of benzene rings is 1. The van der Waals surface area contributed by atoms with Crippen molar-refractivity contribution in [3.05, 3.63) is 87.1 Å². The molecule has 2 aromatic heterocycles. The van der Waals surface area contributed by atoms with Gasteiger partial charge in [-0.1, -0.05) is 11.2 Å². The Labute approximate surface area is 223 Å². The van der Waals surface area contributed by atoms with Crippen LogP contribution in [0.2, 0.25) is 0 Å². The average molecular weight is 539 g/mol. The molecule has 0 saturated heterocycles. The molecule has 13 heteroatoms. The minimum Gasteiger partial charge on any atom is -0.494 e. The van der Waals surface area contributed by atoms with Crippen LogP contribution in [0.15, 0.2) is 52.5 Å². The summed E-state index contributed by atoms with van der Waals surface area (Å²) in [6.07, 6.45) is 1.27. The van der Waals surface area contributed by atoms with E-state index in [-0.39, 0.29) is 36.0 Å². The predicted octanol–water partition coefficient (Wildman–Crippen LogP) is 1.91. The van der Waals surface area contributed by atoms with Crippen LogP contribution in [0.25, 0.3) is 0 Å². The second-order valence-electron chi connectivity index (χ2n) is 8.67. The molecule has 12 nitrogen and oxygen atoms in total. The van der Waals surface area contributed by atoms with Crippen LogP contribution in [-0.2, 0) is 27.6 Å². The summed E-state index contributed by atoms with van der Waals surface area (Å²) in [5.74, 6) is -0.877. The maximum absolute atomic E-state index is 13.6. The van der Waals surface area contributed by atoms with Crippen LogP contribution in [0, 0.1) is 12.7 Å². The van der Waals surface area contributed by atoms with Crippen molar-refractivity contribution >= 4 is 17.5 Å². The number of halogens is 1. The van der Waals surface area contributed by atoms with E-state index >= 15 is 0 Å². The number of methoxy groups -OCH3 is 1. The third-order valence-electron chi connectivity index (χ3n) is 6.03. The number of carbonyl (C=O) groups is 2. The Morgan fingerprint density at radius 2 is 2.00 bits per heavy atom. The molecule has 1 atom stereocenters. The number of hydrogen-bond acceptors (Lipinski definition) is 9. The van der Waals surface area contributed by atoms with Crippen LogP contribution in [-0.4, -0.2) is 58.4 Å². The number of rotatable bonds is 9. The number of aromatic nitrogens is 3. The standard InChI is InChI=1S/C26H27FN6O6/c1-15-29-19(11-21(30-15)26(36)28-13-16-5-6-18(27)23(9-16)37-3)20-12-22(39-31-20)17-7-8-33(24(34)10-17)14-25(35)32(2)38-4/h5-11,22H,12-14H2,1-4H3,(H,28,36). The lowest BCUT2D eigenvalue weighted by molar-refractivity contribution is -0.169. The van der Waals surface area contributed by atoms with E-state index in [2.05, 4.69) is 20.4 Å². The number of carbonyl (C=O) groups excluding carboxylic acids is 2. The lowest BCUT2D eigenvalue weighted by Crippen LogP contribution is -2.33. The molecule has 0 radical (unpaired) electrons. The summed E-state index contributed by atoms with van der Waals surface area (Å²) in [4.78, 5) is 56.4. The Morgan fingerprint density at radius 3 is 2.72 bits per heavy atom. The van der Waals surface area contributed by atoms with Gasteiger partial charge in [0, 0.05) is 37.8 Å². The molecule has 2 amide bonds.